The topological polar surface area (TPSA) is 47.0 Å². The maximum atomic E-state index is 13.7. The van der Waals surface area contributed by atoms with Gasteiger partial charge in [-0.15, -0.1) is 0 Å². The summed E-state index contributed by atoms with van der Waals surface area (Å²) >= 11 is 0. The van der Waals surface area contributed by atoms with E-state index in [0.29, 0.717) is 5.92 Å². The minimum atomic E-state index is -0.384. The van der Waals surface area contributed by atoms with Crippen LogP contribution >= 0.6 is 0 Å². The number of nitrogens with one attached hydrogen (secondary N) is 1. The molecule has 1 aliphatic rings. The molecule has 1 saturated heterocycles. The lowest BCUT2D eigenvalue weighted by Crippen LogP contribution is -2.40. The Labute approximate surface area is 110 Å². The molecule has 0 spiro atoms. The molecule has 98 valence electrons. The fourth-order valence-corrected chi connectivity index (χ4v) is 2.03. The second-order valence-corrected chi connectivity index (χ2v) is 4.50. The molecule has 1 aliphatic heterocycles. The van der Waals surface area contributed by atoms with Crippen molar-refractivity contribution >= 4 is 0 Å². The van der Waals surface area contributed by atoms with Gasteiger partial charge in [0.05, 0.1) is 12.8 Å². The van der Waals surface area contributed by atoms with Gasteiger partial charge in [0.1, 0.15) is 5.82 Å². The van der Waals surface area contributed by atoms with Crippen molar-refractivity contribution in [3.63, 3.8) is 0 Å². The molecule has 0 atom stereocenters. The third kappa shape index (κ3) is 2.29. The number of benzene rings is 1. The fourth-order valence-electron chi connectivity index (χ4n) is 2.03. The molecule has 19 heavy (non-hydrogen) atoms. The van der Waals surface area contributed by atoms with Crippen LogP contribution in [0, 0.1) is 5.82 Å². The van der Waals surface area contributed by atoms with Crippen LogP contribution < -0.4 is 10.1 Å². The number of methoxy groups -OCH3 is 1. The Morgan fingerprint density at radius 2 is 2.16 bits per heavy atom. The van der Waals surface area contributed by atoms with Crippen molar-refractivity contribution in [2.45, 2.75) is 5.92 Å². The highest BCUT2D eigenvalue weighted by molar-refractivity contribution is 5.60. The first kappa shape index (κ1) is 12.0. The second-order valence-electron chi connectivity index (χ2n) is 4.50. The monoisotopic (exact) mass is 259 g/mol. The molecule has 1 N–H and O–H groups in total. The Hall–Kier alpha value is -2.01. The first-order valence-electron chi connectivity index (χ1n) is 6.15. The van der Waals surface area contributed by atoms with Crippen LogP contribution in [-0.4, -0.2) is 30.2 Å². The van der Waals surface area contributed by atoms with Gasteiger partial charge < -0.3 is 10.1 Å². The lowest BCUT2D eigenvalue weighted by molar-refractivity contribution is 0.386. The third-order valence-electron chi connectivity index (χ3n) is 3.27. The Morgan fingerprint density at radius 3 is 2.79 bits per heavy atom. The van der Waals surface area contributed by atoms with Crippen molar-refractivity contribution in [3.05, 3.63) is 42.1 Å². The van der Waals surface area contributed by atoms with Crippen molar-refractivity contribution in [2.24, 2.45) is 0 Å². The average Bonchev–Trinajstić information content (AvgIpc) is 2.37. The summed E-state index contributed by atoms with van der Waals surface area (Å²) < 4.78 is 18.6. The molecule has 0 saturated carbocycles. The molecular weight excluding hydrogens is 245 g/mol. The Kier molecular flexibility index (Phi) is 3.13. The molecule has 0 amide bonds. The highest BCUT2D eigenvalue weighted by Crippen LogP contribution is 2.25. The predicted molar refractivity (Wildman–Crippen MR) is 69.6 cm³/mol. The highest BCUT2D eigenvalue weighted by atomic mass is 19.1. The van der Waals surface area contributed by atoms with Gasteiger partial charge in [-0.3, -0.25) is 0 Å². The Balaban J connectivity index is 1.94. The Morgan fingerprint density at radius 1 is 1.32 bits per heavy atom. The number of rotatable bonds is 3. The van der Waals surface area contributed by atoms with E-state index in [1.165, 1.54) is 13.2 Å². The van der Waals surface area contributed by atoms with Crippen molar-refractivity contribution in [1.29, 1.82) is 0 Å². The number of hydrogen-bond acceptors (Lipinski definition) is 4. The van der Waals surface area contributed by atoms with Crippen LogP contribution in [0.1, 0.15) is 11.7 Å². The van der Waals surface area contributed by atoms with Crippen LogP contribution in [0.15, 0.2) is 30.5 Å². The first-order valence-corrected chi connectivity index (χ1v) is 6.15. The molecule has 2 aromatic rings. The molecule has 0 radical (unpaired) electrons. The van der Waals surface area contributed by atoms with Crippen LogP contribution in [0.5, 0.6) is 5.75 Å². The number of aromatic nitrogens is 2. The summed E-state index contributed by atoms with van der Waals surface area (Å²) in [7, 11) is 1.45. The molecule has 0 aliphatic carbocycles. The lowest BCUT2D eigenvalue weighted by Gasteiger charge is -2.25. The van der Waals surface area contributed by atoms with E-state index in [4.69, 9.17) is 4.74 Å². The molecule has 1 aromatic heterocycles. The Bertz CT molecular complexity index is 599. The van der Waals surface area contributed by atoms with Crippen molar-refractivity contribution in [3.8, 4) is 17.0 Å². The van der Waals surface area contributed by atoms with E-state index < -0.39 is 0 Å². The summed E-state index contributed by atoms with van der Waals surface area (Å²) in [6.45, 7) is 1.81. The standard InChI is InChI=1S/C14H14FN3O/c1-19-13-3-2-9(6-11(13)15)12-4-5-17-14(18-12)10-7-16-8-10/h2-6,10,16H,7-8H2,1H3. The van der Waals surface area contributed by atoms with Crippen LogP contribution in [0.25, 0.3) is 11.3 Å². The van der Waals surface area contributed by atoms with E-state index >= 15 is 0 Å². The van der Waals surface area contributed by atoms with Crippen molar-refractivity contribution in [2.75, 3.05) is 20.2 Å². The molecule has 5 heteroatoms. The van der Waals surface area contributed by atoms with Gasteiger partial charge in [0.15, 0.2) is 11.6 Å². The number of ether oxygens (including phenoxy) is 1. The van der Waals surface area contributed by atoms with Gasteiger partial charge in [-0.2, -0.15) is 0 Å². The van der Waals surface area contributed by atoms with E-state index in [1.54, 1.807) is 24.4 Å². The molecule has 0 bridgehead atoms. The number of halogens is 1. The lowest BCUT2D eigenvalue weighted by atomic mass is 10.0. The zero-order chi connectivity index (χ0) is 13.2. The molecule has 3 rings (SSSR count). The van der Waals surface area contributed by atoms with Gasteiger partial charge in [0, 0.05) is 30.8 Å². The van der Waals surface area contributed by atoms with Crippen molar-refractivity contribution < 1.29 is 9.13 Å². The quantitative estimate of drug-likeness (QED) is 0.915. The maximum absolute atomic E-state index is 13.7. The van der Waals surface area contributed by atoms with Gasteiger partial charge in [-0.25, -0.2) is 14.4 Å². The highest BCUT2D eigenvalue weighted by Gasteiger charge is 2.21. The van der Waals surface area contributed by atoms with Crippen molar-refractivity contribution in [1.82, 2.24) is 15.3 Å². The SMILES string of the molecule is COc1ccc(-c2ccnc(C3CNC3)n2)cc1F. The van der Waals surface area contributed by atoms with Gasteiger partial charge in [-0.05, 0) is 24.3 Å². The van der Waals surface area contributed by atoms with E-state index in [-0.39, 0.29) is 11.6 Å². The number of nitrogens with zero attached hydrogens (tertiary/aromatic N) is 2. The van der Waals surface area contributed by atoms with Crippen LogP contribution in [-0.2, 0) is 0 Å². The zero-order valence-corrected chi connectivity index (χ0v) is 10.6. The third-order valence-corrected chi connectivity index (χ3v) is 3.27. The van der Waals surface area contributed by atoms with E-state index in [2.05, 4.69) is 15.3 Å². The maximum Gasteiger partial charge on any atom is 0.165 e. The summed E-state index contributed by atoms with van der Waals surface area (Å²) in [5.74, 6) is 1.03. The van der Waals surface area contributed by atoms with Gasteiger partial charge in [0.2, 0.25) is 0 Å². The minimum Gasteiger partial charge on any atom is -0.494 e. The van der Waals surface area contributed by atoms with Gasteiger partial charge in [0.25, 0.3) is 0 Å². The van der Waals surface area contributed by atoms with Gasteiger partial charge in [-0.1, -0.05) is 0 Å². The predicted octanol–water partition coefficient (Wildman–Crippen LogP) is 1.98. The van der Waals surface area contributed by atoms with E-state index in [9.17, 15) is 4.39 Å². The van der Waals surface area contributed by atoms with Gasteiger partial charge >= 0.3 is 0 Å². The zero-order valence-electron chi connectivity index (χ0n) is 10.6. The molecule has 0 unspecified atom stereocenters. The molecular formula is C14H14FN3O. The second kappa shape index (κ2) is 4.93. The number of hydrogen-bond donors (Lipinski definition) is 1. The van der Waals surface area contributed by atoms with Crippen LogP contribution in [0.3, 0.4) is 0 Å². The summed E-state index contributed by atoms with van der Waals surface area (Å²) in [4.78, 5) is 8.78. The van der Waals surface area contributed by atoms with Crippen LogP contribution in [0.2, 0.25) is 0 Å². The van der Waals surface area contributed by atoms with Crippen LogP contribution in [0.4, 0.5) is 4.39 Å². The van der Waals surface area contributed by atoms with E-state index in [1.807, 2.05) is 0 Å². The molecule has 2 heterocycles. The van der Waals surface area contributed by atoms with E-state index in [0.717, 1.165) is 30.2 Å². The summed E-state index contributed by atoms with van der Waals surface area (Å²) in [5.41, 5.74) is 1.47. The minimum absolute atomic E-state index is 0.237. The molecule has 1 aromatic carbocycles. The summed E-state index contributed by atoms with van der Waals surface area (Å²) in [6, 6.07) is 6.63. The smallest absolute Gasteiger partial charge is 0.165 e. The normalized spacial score (nSPS) is 15.1. The average molecular weight is 259 g/mol. The molecule has 1 fully saturated rings. The first-order chi connectivity index (χ1) is 9.28. The summed E-state index contributed by atoms with van der Waals surface area (Å²) in [6.07, 6.45) is 1.72. The largest absolute Gasteiger partial charge is 0.494 e. The fraction of sp³-hybridized carbons (Fsp3) is 0.286. The molecule has 4 nitrogen and oxygen atoms in total. The summed E-state index contributed by atoms with van der Waals surface area (Å²) in [5, 5.41) is 3.19.